The number of hydrogen-bond donors (Lipinski definition) is 0. The third-order valence-corrected chi connectivity index (χ3v) is 11.3. The highest BCUT2D eigenvalue weighted by Gasteiger charge is 2.40. The van der Waals surface area contributed by atoms with Gasteiger partial charge in [-0.1, -0.05) is 74.5 Å². The average Bonchev–Trinajstić information content (AvgIpc) is 3.51. The van der Waals surface area contributed by atoms with Gasteiger partial charge in [0.2, 0.25) is 5.90 Å². The minimum atomic E-state index is -2.70. The van der Waals surface area contributed by atoms with Crippen molar-refractivity contribution < 1.29 is 23.5 Å². The normalized spacial score (nSPS) is 18.3. The van der Waals surface area contributed by atoms with E-state index in [1.165, 1.54) is 11.3 Å². The molecule has 0 aromatic heterocycles. The topological polar surface area (TPSA) is 69.6 Å². The van der Waals surface area contributed by atoms with E-state index in [1.807, 2.05) is 54.6 Å². The highest BCUT2D eigenvalue weighted by molar-refractivity contribution is 8.17. The van der Waals surface area contributed by atoms with Crippen molar-refractivity contribution in [2.24, 2.45) is 4.99 Å². The summed E-state index contributed by atoms with van der Waals surface area (Å²) in [6, 6.07) is 31.2. The number of esters is 1. The van der Waals surface area contributed by atoms with Gasteiger partial charge in [-0.3, -0.25) is 0 Å². The van der Waals surface area contributed by atoms with Crippen LogP contribution in [0.2, 0.25) is 0 Å². The third kappa shape index (κ3) is 5.79. The van der Waals surface area contributed by atoms with Crippen LogP contribution in [0.5, 0.6) is 17.2 Å². The summed E-state index contributed by atoms with van der Waals surface area (Å²) in [4.78, 5) is 19.3. The van der Waals surface area contributed by atoms with Crippen molar-refractivity contribution >= 4 is 47.0 Å². The van der Waals surface area contributed by atoms with Gasteiger partial charge in [-0.2, -0.15) is 0 Å². The van der Waals surface area contributed by atoms with E-state index >= 15 is 0 Å². The van der Waals surface area contributed by atoms with Gasteiger partial charge in [0, 0.05) is 40.5 Å². The summed E-state index contributed by atoms with van der Waals surface area (Å²) in [5.41, 5.74) is 4.86. The Bertz CT molecular complexity index is 1920. The number of anilines is 1. The van der Waals surface area contributed by atoms with Crippen molar-refractivity contribution in [3.63, 3.8) is 0 Å². The van der Waals surface area contributed by atoms with Gasteiger partial charge in [0.15, 0.2) is 23.5 Å². The number of allylic oxidation sites excluding steroid dienone is 1. The number of fused-ring (bicyclic) bond motifs is 1. The molecule has 0 bridgehead atoms. The highest BCUT2D eigenvalue weighted by atomic mass is 32.4. The fourth-order valence-electron chi connectivity index (χ4n) is 5.62. The predicted molar refractivity (Wildman–Crippen MR) is 184 cm³/mol. The molecule has 0 amide bonds. The van der Waals surface area contributed by atoms with Crippen molar-refractivity contribution in [2.45, 2.75) is 19.3 Å². The Balaban J connectivity index is 1.29. The molecule has 9 heteroatoms. The second kappa shape index (κ2) is 12.0. The van der Waals surface area contributed by atoms with E-state index in [0.717, 1.165) is 16.6 Å². The summed E-state index contributed by atoms with van der Waals surface area (Å²) in [5.74, 6) is 3.55. The first-order chi connectivity index (χ1) is 21.6. The zero-order valence-electron chi connectivity index (χ0n) is 25.7. The molecule has 2 aliphatic heterocycles. The van der Waals surface area contributed by atoms with Crippen molar-refractivity contribution in [1.82, 2.24) is 0 Å². The molecule has 228 valence electrons. The summed E-state index contributed by atoms with van der Waals surface area (Å²) in [7, 11) is 5.19. The summed E-state index contributed by atoms with van der Waals surface area (Å²) in [5, 5.41) is 0.963. The second-order valence-corrected chi connectivity index (χ2v) is 15.0. The number of carbonyl (C=O) groups excluding carboxylic acids is 1. The van der Waals surface area contributed by atoms with Crippen LogP contribution in [-0.2, 0) is 26.8 Å². The van der Waals surface area contributed by atoms with Gasteiger partial charge in [0.05, 0.1) is 14.2 Å². The Hall–Kier alpha value is -4.65. The van der Waals surface area contributed by atoms with Gasteiger partial charge in [-0.05, 0) is 65.4 Å². The first-order valence-electron chi connectivity index (χ1n) is 14.4. The first-order valence-corrected chi connectivity index (χ1v) is 17.2. The number of rotatable bonds is 8. The molecule has 6 rings (SSSR count). The molecule has 45 heavy (non-hydrogen) atoms. The number of aliphatic imine (C=N–C) groups is 1. The Morgan fingerprint density at radius 3 is 2.27 bits per heavy atom. The number of ether oxygens (including phenoxy) is 3. The number of likely N-dealkylation sites (N-methyl/N-ethyl adjacent to an activating group) is 1. The zero-order valence-corrected chi connectivity index (χ0v) is 27.4. The van der Waals surface area contributed by atoms with E-state index in [1.54, 1.807) is 38.5 Å². The first kappa shape index (κ1) is 30.4. The van der Waals surface area contributed by atoms with Gasteiger partial charge in [-0.15, -0.1) is 0 Å². The molecular formula is C36H33N2O5PS. The summed E-state index contributed by atoms with van der Waals surface area (Å²) in [6.45, 7) is 4.45. The fourth-order valence-corrected chi connectivity index (χ4v) is 8.69. The maximum absolute atomic E-state index is 12.7. The number of cyclic esters (lactones) is 1. The van der Waals surface area contributed by atoms with Crippen LogP contribution >= 0.6 is 6.26 Å². The van der Waals surface area contributed by atoms with Crippen molar-refractivity contribution in [2.75, 3.05) is 26.2 Å². The maximum atomic E-state index is 12.7. The molecule has 7 nitrogen and oxygen atoms in total. The molecule has 2 heterocycles. The van der Waals surface area contributed by atoms with Gasteiger partial charge < -0.3 is 23.6 Å². The smallest absolute Gasteiger partial charge is 0.363 e. The second-order valence-electron chi connectivity index (χ2n) is 11.2. The van der Waals surface area contributed by atoms with Crippen molar-refractivity contribution in [3.05, 3.63) is 131 Å². The Kier molecular flexibility index (Phi) is 8.12. The molecule has 1 atom stereocenters. The lowest BCUT2D eigenvalue weighted by molar-refractivity contribution is -0.129. The van der Waals surface area contributed by atoms with Crippen molar-refractivity contribution in [1.29, 1.82) is 0 Å². The van der Waals surface area contributed by atoms with E-state index < -0.39 is 12.2 Å². The summed E-state index contributed by atoms with van der Waals surface area (Å²) < 4.78 is 22.8. The van der Waals surface area contributed by atoms with Crippen molar-refractivity contribution in [3.8, 4) is 17.2 Å². The SMILES string of the molecule is COc1ccc(C2=NC(=Cc3ccc(OP(=S)(/C=C4/N(C)c5ccccc5C4(C)C)c4ccccc4)cc3)C(=O)O2)cc1OC. The number of para-hydroxylation sites is 1. The number of methoxy groups -OCH3 is 2. The minimum absolute atomic E-state index is 0.193. The number of carbonyl (C=O) groups is 1. The molecule has 4 aromatic carbocycles. The minimum Gasteiger partial charge on any atom is -0.493 e. The molecule has 0 fully saturated rings. The van der Waals surface area contributed by atoms with E-state index in [0.29, 0.717) is 22.8 Å². The molecule has 0 spiro atoms. The highest BCUT2D eigenvalue weighted by Crippen LogP contribution is 2.55. The Morgan fingerprint density at radius 1 is 0.889 bits per heavy atom. The molecule has 2 aliphatic rings. The van der Waals surface area contributed by atoms with E-state index in [4.69, 9.17) is 30.5 Å². The largest absolute Gasteiger partial charge is 0.493 e. The number of nitrogens with zero attached hydrogens (tertiary/aromatic N) is 2. The molecule has 0 aliphatic carbocycles. The third-order valence-electron chi connectivity index (χ3n) is 8.02. The van der Waals surface area contributed by atoms with E-state index in [2.05, 4.69) is 60.9 Å². The molecule has 0 N–H and O–H groups in total. The van der Waals surface area contributed by atoms with Gasteiger partial charge in [-0.25, -0.2) is 9.79 Å². The fraction of sp³-hybridized carbons (Fsp3) is 0.167. The summed E-state index contributed by atoms with van der Waals surface area (Å²) >= 11 is 6.39. The van der Waals surface area contributed by atoms with Gasteiger partial charge in [0.25, 0.3) is 0 Å². The van der Waals surface area contributed by atoms with Crippen LogP contribution in [0.4, 0.5) is 5.69 Å². The van der Waals surface area contributed by atoms with Crippen LogP contribution in [0, 0.1) is 0 Å². The predicted octanol–water partition coefficient (Wildman–Crippen LogP) is 7.42. The monoisotopic (exact) mass is 636 g/mol. The van der Waals surface area contributed by atoms with Crippen LogP contribution in [0.25, 0.3) is 6.08 Å². The summed E-state index contributed by atoms with van der Waals surface area (Å²) in [6.07, 6.45) is -1.02. The van der Waals surface area contributed by atoms with Crippen LogP contribution in [0.1, 0.15) is 30.5 Å². The molecule has 1 unspecified atom stereocenters. The standard InChI is InChI=1S/C36H33N2O5PS/c1-36(2)28-13-9-10-14-30(28)38(3)33(36)23-44(45,27-11-7-6-8-12-27)43-26-18-15-24(16-19-26)21-29-35(39)42-34(37-29)25-17-20-31(40-4)32(22-25)41-5/h6-23H,1-5H3/b29-21?,33-23+. The van der Waals surface area contributed by atoms with Crippen LogP contribution in [-0.4, -0.2) is 33.1 Å². The van der Waals surface area contributed by atoms with Crippen LogP contribution in [0.3, 0.4) is 0 Å². The van der Waals surface area contributed by atoms with Gasteiger partial charge >= 0.3 is 5.97 Å². The Labute approximate surface area is 268 Å². The lowest BCUT2D eigenvalue weighted by Crippen LogP contribution is -2.24. The zero-order chi connectivity index (χ0) is 31.8. The van der Waals surface area contributed by atoms with Crippen LogP contribution < -0.4 is 24.2 Å². The molecule has 0 radical (unpaired) electrons. The lowest BCUT2D eigenvalue weighted by atomic mass is 9.84. The van der Waals surface area contributed by atoms with E-state index in [-0.39, 0.29) is 17.0 Å². The molecule has 0 saturated carbocycles. The maximum Gasteiger partial charge on any atom is 0.363 e. The van der Waals surface area contributed by atoms with E-state index in [9.17, 15) is 4.79 Å². The van der Waals surface area contributed by atoms with Gasteiger partial charge in [0.1, 0.15) is 5.75 Å². The molecule has 0 saturated heterocycles. The molecule has 4 aromatic rings. The molecular weight excluding hydrogens is 603 g/mol. The number of hydrogen-bond acceptors (Lipinski definition) is 8. The average molecular weight is 637 g/mol. The quantitative estimate of drug-likeness (QED) is 0.113. The Morgan fingerprint density at radius 2 is 1.58 bits per heavy atom. The number of benzene rings is 4. The lowest BCUT2D eigenvalue weighted by Gasteiger charge is -2.28. The van der Waals surface area contributed by atoms with Crippen LogP contribution in [0.15, 0.2) is 119 Å².